The van der Waals surface area contributed by atoms with Crippen molar-refractivity contribution in [1.82, 2.24) is 20.0 Å². The van der Waals surface area contributed by atoms with Crippen molar-refractivity contribution in [2.45, 2.75) is 45.1 Å². The molecule has 3 heterocycles. The van der Waals surface area contributed by atoms with Gasteiger partial charge in [0.15, 0.2) is 0 Å². The number of carbonyl (C=O) groups excluding carboxylic acids is 1. The van der Waals surface area contributed by atoms with E-state index in [1.165, 1.54) is 32.4 Å². The summed E-state index contributed by atoms with van der Waals surface area (Å²) in [4.78, 5) is 17.8. The molecular formula is C22H28N4O. The number of benzene rings is 1. The molecule has 0 radical (unpaired) electrons. The monoisotopic (exact) mass is 364 g/mol. The van der Waals surface area contributed by atoms with E-state index in [0.717, 1.165) is 48.4 Å². The van der Waals surface area contributed by atoms with E-state index in [9.17, 15) is 4.79 Å². The first-order valence-electron chi connectivity index (χ1n) is 10.1. The number of hydrogen-bond acceptors (Lipinski definition) is 4. The zero-order chi connectivity index (χ0) is 18.6. The molecule has 1 atom stereocenters. The van der Waals surface area contributed by atoms with E-state index in [1.807, 2.05) is 43.3 Å². The zero-order valence-corrected chi connectivity index (χ0v) is 16.1. The van der Waals surface area contributed by atoms with Gasteiger partial charge in [-0.2, -0.15) is 10.2 Å². The van der Waals surface area contributed by atoms with Crippen molar-refractivity contribution >= 4 is 5.91 Å². The fourth-order valence-corrected chi connectivity index (χ4v) is 4.22. The van der Waals surface area contributed by atoms with Crippen molar-refractivity contribution in [2.24, 2.45) is 0 Å². The molecule has 1 aromatic heterocycles. The van der Waals surface area contributed by atoms with Crippen LogP contribution in [-0.4, -0.2) is 58.1 Å². The minimum atomic E-state index is 0.167. The normalized spacial score (nSPS) is 20.8. The SMILES string of the molecule is Cc1ccc(-c2ccc(C(=O)N3CCCCC3CN3CCCC3)cc2)nn1. The molecule has 0 aliphatic carbocycles. The van der Waals surface area contributed by atoms with Gasteiger partial charge in [0.1, 0.15) is 0 Å². The molecule has 1 aromatic carbocycles. The first-order valence-corrected chi connectivity index (χ1v) is 10.1. The number of rotatable bonds is 4. The minimum absolute atomic E-state index is 0.167. The van der Waals surface area contributed by atoms with Gasteiger partial charge >= 0.3 is 0 Å². The van der Waals surface area contributed by atoms with Gasteiger partial charge < -0.3 is 9.80 Å². The number of nitrogens with zero attached hydrogens (tertiary/aromatic N) is 4. The van der Waals surface area contributed by atoms with E-state index in [4.69, 9.17) is 0 Å². The Morgan fingerprint density at radius 2 is 1.70 bits per heavy atom. The molecule has 0 saturated carbocycles. The molecule has 2 saturated heterocycles. The summed E-state index contributed by atoms with van der Waals surface area (Å²) in [6.45, 7) is 6.21. The Labute approximate surface area is 161 Å². The molecular weight excluding hydrogens is 336 g/mol. The Morgan fingerprint density at radius 1 is 0.963 bits per heavy atom. The highest BCUT2D eigenvalue weighted by molar-refractivity contribution is 5.95. The Balaban J connectivity index is 1.47. The van der Waals surface area contributed by atoms with Crippen LogP contribution < -0.4 is 0 Å². The van der Waals surface area contributed by atoms with Crippen LogP contribution in [0.4, 0.5) is 0 Å². The number of piperidine rings is 1. The second kappa shape index (κ2) is 8.17. The van der Waals surface area contributed by atoms with E-state index in [1.54, 1.807) is 0 Å². The number of aromatic nitrogens is 2. The molecule has 2 aromatic rings. The van der Waals surface area contributed by atoms with Crippen LogP contribution in [-0.2, 0) is 0 Å². The van der Waals surface area contributed by atoms with Gasteiger partial charge in [0.05, 0.1) is 11.4 Å². The van der Waals surface area contributed by atoms with Crippen molar-refractivity contribution < 1.29 is 4.79 Å². The van der Waals surface area contributed by atoms with E-state index in [-0.39, 0.29) is 5.91 Å². The summed E-state index contributed by atoms with van der Waals surface area (Å²) < 4.78 is 0. The molecule has 1 unspecified atom stereocenters. The average molecular weight is 364 g/mol. The van der Waals surface area contributed by atoms with Crippen LogP contribution in [0, 0.1) is 6.92 Å². The van der Waals surface area contributed by atoms with E-state index in [0.29, 0.717) is 6.04 Å². The number of carbonyl (C=O) groups is 1. The Kier molecular flexibility index (Phi) is 5.48. The van der Waals surface area contributed by atoms with Gasteiger partial charge in [0.25, 0.3) is 5.91 Å². The lowest BCUT2D eigenvalue weighted by atomic mass is 9.99. The van der Waals surface area contributed by atoms with Crippen LogP contribution in [0.1, 0.15) is 48.2 Å². The second-order valence-electron chi connectivity index (χ2n) is 7.79. The topological polar surface area (TPSA) is 49.3 Å². The highest BCUT2D eigenvalue weighted by atomic mass is 16.2. The lowest BCUT2D eigenvalue weighted by Gasteiger charge is -2.38. The molecule has 5 heteroatoms. The van der Waals surface area contributed by atoms with Gasteiger partial charge in [-0.1, -0.05) is 12.1 Å². The van der Waals surface area contributed by atoms with E-state index >= 15 is 0 Å². The molecule has 27 heavy (non-hydrogen) atoms. The van der Waals surface area contributed by atoms with Crippen molar-refractivity contribution in [3.63, 3.8) is 0 Å². The van der Waals surface area contributed by atoms with Crippen LogP contribution in [0.3, 0.4) is 0 Å². The summed E-state index contributed by atoms with van der Waals surface area (Å²) >= 11 is 0. The summed E-state index contributed by atoms with van der Waals surface area (Å²) in [6, 6.07) is 12.1. The molecule has 2 aliphatic rings. The van der Waals surface area contributed by atoms with Gasteiger partial charge in [-0.15, -0.1) is 0 Å². The third-order valence-electron chi connectivity index (χ3n) is 5.78. The molecule has 142 valence electrons. The summed E-state index contributed by atoms with van der Waals surface area (Å²) in [5.74, 6) is 0.167. The maximum Gasteiger partial charge on any atom is 0.254 e. The number of likely N-dealkylation sites (tertiary alicyclic amines) is 2. The average Bonchev–Trinajstić information content (AvgIpc) is 3.22. The van der Waals surface area contributed by atoms with Crippen molar-refractivity contribution in [3.8, 4) is 11.3 Å². The quantitative estimate of drug-likeness (QED) is 0.833. The minimum Gasteiger partial charge on any atom is -0.334 e. The largest absolute Gasteiger partial charge is 0.334 e. The smallest absolute Gasteiger partial charge is 0.254 e. The summed E-state index contributed by atoms with van der Waals surface area (Å²) in [6.07, 6.45) is 6.06. The predicted octanol–water partition coefficient (Wildman–Crippen LogP) is 3.54. The third kappa shape index (κ3) is 4.19. The van der Waals surface area contributed by atoms with Crippen molar-refractivity contribution in [1.29, 1.82) is 0 Å². The number of amides is 1. The van der Waals surface area contributed by atoms with Gasteiger partial charge in [0.2, 0.25) is 0 Å². The van der Waals surface area contributed by atoms with Crippen LogP contribution in [0.15, 0.2) is 36.4 Å². The first kappa shape index (κ1) is 18.1. The molecule has 5 nitrogen and oxygen atoms in total. The fraction of sp³-hybridized carbons (Fsp3) is 0.500. The summed E-state index contributed by atoms with van der Waals surface area (Å²) in [7, 11) is 0. The van der Waals surface area contributed by atoms with Crippen LogP contribution >= 0.6 is 0 Å². The molecule has 1 amide bonds. The maximum atomic E-state index is 13.2. The Bertz CT molecular complexity index is 766. The molecule has 0 bridgehead atoms. The first-order chi connectivity index (χ1) is 13.2. The number of hydrogen-bond donors (Lipinski definition) is 0. The van der Waals surface area contributed by atoms with Crippen LogP contribution in [0.5, 0.6) is 0 Å². The standard InChI is InChI=1S/C22H28N4O/c1-17-7-12-21(24-23-17)18-8-10-19(11-9-18)22(27)26-15-3-2-6-20(26)16-25-13-4-5-14-25/h7-12,20H,2-6,13-16H2,1H3. The van der Waals surface area contributed by atoms with Crippen LogP contribution in [0.2, 0.25) is 0 Å². The predicted molar refractivity (Wildman–Crippen MR) is 107 cm³/mol. The van der Waals surface area contributed by atoms with E-state index in [2.05, 4.69) is 20.0 Å². The van der Waals surface area contributed by atoms with E-state index < -0.39 is 0 Å². The van der Waals surface area contributed by atoms with Gasteiger partial charge in [-0.05, 0) is 76.4 Å². The number of aryl methyl sites for hydroxylation is 1. The molecule has 4 rings (SSSR count). The van der Waals surface area contributed by atoms with Crippen LogP contribution in [0.25, 0.3) is 11.3 Å². The lowest BCUT2D eigenvalue weighted by molar-refractivity contribution is 0.0560. The second-order valence-corrected chi connectivity index (χ2v) is 7.79. The van der Waals surface area contributed by atoms with Gasteiger partial charge in [0, 0.05) is 30.3 Å². The molecule has 0 N–H and O–H groups in total. The fourth-order valence-electron chi connectivity index (χ4n) is 4.22. The highest BCUT2D eigenvalue weighted by Crippen LogP contribution is 2.23. The molecule has 2 aliphatic heterocycles. The summed E-state index contributed by atoms with van der Waals surface area (Å²) in [5, 5.41) is 8.35. The highest BCUT2D eigenvalue weighted by Gasteiger charge is 2.29. The lowest BCUT2D eigenvalue weighted by Crippen LogP contribution is -2.49. The van der Waals surface area contributed by atoms with Crippen molar-refractivity contribution in [2.75, 3.05) is 26.2 Å². The van der Waals surface area contributed by atoms with Crippen molar-refractivity contribution in [3.05, 3.63) is 47.7 Å². The van der Waals surface area contributed by atoms with Gasteiger partial charge in [-0.25, -0.2) is 0 Å². The maximum absolute atomic E-state index is 13.2. The third-order valence-corrected chi connectivity index (χ3v) is 5.78. The Hall–Kier alpha value is -2.27. The summed E-state index contributed by atoms with van der Waals surface area (Å²) in [5.41, 5.74) is 3.50. The Morgan fingerprint density at radius 3 is 2.41 bits per heavy atom. The van der Waals surface area contributed by atoms with Gasteiger partial charge in [-0.3, -0.25) is 4.79 Å². The molecule has 2 fully saturated rings. The molecule has 0 spiro atoms. The zero-order valence-electron chi connectivity index (χ0n) is 16.1.